The van der Waals surface area contributed by atoms with Gasteiger partial charge >= 0.3 is 6.01 Å². The minimum absolute atomic E-state index is 0. The lowest BCUT2D eigenvalue weighted by Gasteiger charge is -2.17. The molecule has 1 aromatic heterocycles. The molecule has 128 valence electrons. The van der Waals surface area contributed by atoms with Gasteiger partial charge in [-0.2, -0.15) is 0 Å². The van der Waals surface area contributed by atoms with E-state index in [2.05, 4.69) is 10.2 Å². The molecule has 0 spiro atoms. The van der Waals surface area contributed by atoms with Crippen LogP contribution in [0.3, 0.4) is 0 Å². The summed E-state index contributed by atoms with van der Waals surface area (Å²) in [6.45, 7) is 3.80. The number of unbranched alkanes of at least 4 members (excludes halogenated alkanes) is 1. The molecule has 1 atom stereocenters. The van der Waals surface area contributed by atoms with Crippen molar-refractivity contribution in [3.05, 3.63) is 41.8 Å². The Labute approximate surface area is 143 Å². The first-order valence-corrected chi connectivity index (χ1v) is 7.73. The number of aliphatic hydroxyl groups is 1. The van der Waals surface area contributed by atoms with Crippen LogP contribution in [0.1, 0.15) is 37.3 Å². The Kier molecular flexibility index (Phi) is 8.61. The summed E-state index contributed by atoms with van der Waals surface area (Å²) in [4.78, 5) is 2.00. The standard InChI is InChI=1S/C16H24N4O2.ClH/c1-2-20(10-6-7-11-21)16-19-18-15(22-16)14(17)12-13-8-4-3-5-9-13;/h3-5,8-9,14,21H,2,6-7,10-12,17H2,1H3;1H/t14-;/m1./s1. The van der Waals surface area contributed by atoms with Gasteiger partial charge in [0.15, 0.2) is 0 Å². The molecule has 0 radical (unpaired) electrons. The van der Waals surface area contributed by atoms with Gasteiger partial charge < -0.3 is 20.2 Å². The Morgan fingerprint density at radius 1 is 1.22 bits per heavy atom. The summed E-state index contributed by atoms with van der Waals surface area (Å²) in [5.41, 5.74) is 7.30. The zero-order valence-electron chi connectivity index (χ0n) is 13.4. The predicted octanol–water partition coefficient (Wildman–Crippen LogP) is 2.33. The van der Waals surface area contributed by atoms with Gasteiger partial charge in [0.25, 0.3) is 0 Å². The minimum atomic E-state index is -0.306. The lowest BCUT2D eigenvalue weighted by molar-refractivity contribution is 0.284. The van der Waals surface area contributed by atoms with Crippen LogP contribution in [0.2, 0.25) is 0 Å². The van der Waals surface area contributed by atoms with Crippen molar-refractivity contribution in [1.29, 1.82) is 0 Å². The van der Waals surface area contributed by atoms with Crippen LogP contribution in [-0.2, 0) is 6.42 Å². The van der Waals surface area contributed by atoms with E-state index in [0.717, 1.165) is 31.5 Å². The molecule has 0 fully saturated rings. The molecule has 0 unspecified atom stereocenters. The number of hydrogen-bond donors (Lipinski definition) is 2. The van der Waals surface area contributed by atoms with E-state index in [1.807, 2.05) is 42.2 Å². The Morgan fingerprint density at radius 2 is 1.96 bits per heavy atom. The zero-order valence-corrected chi connectivity index (χ0v) is 14.2. The summed E-state index contributed by atoms with van der Waals surface area (Å²) in [5.74, 6) is 0.458. The first-order valence-electron chi connectivity index (χ1n) is 7.73. The molecular formula is C16H25ClN4O2. The highest BCUT2D eigenvalue weighted by Gasteiger charge is 2.18. The average molecular weight is 341 g/mol. The van der Waals surface area contributed by atoms with Crippen molar-refractivity contribution in [1.82, 2.24) is 10.2 Å². The second-order valence-corrected chi connectivity index (χ2v) is 5.23. The molecule has 1 aromatic carbocycles. The molecule has 0 saturated heterocycles. The highest BCUT2D eigenvalue weighted by atomic mass is 35.5. The fourth-order valence-electron chi connectivity index (χ4n) is 2.26. The number of nitrogens with two attached hydrogens (primary N) is 1. The SMILES string of the molecule is CCN(CCCCO)c1nnc([C@H](N)Cc2ccccc2)o1.Cl. The van der Waals surface area contributed by atoms with Gasteiger partial charge in [0.2, 0.25) is 5.89 Å². The first kappa shape index (κ1) is 19.4. The van der Waals surface area contributed by atoms with E-state index in [0.29, 0.717) is 18.3 Å². The van der Waals surface area contributed by atoms with Gasteiger partial charge in [-0.15, -0.1) is 17.5 Å². The van der Waals surface area contributed by atoms with E-state index in [4.69, 9.17) is 15.3 Å². The number of aromatic nitrogens is 2. The van der Waals surface area contributed by atoms with E-state index in [-0.39, 0.29) is 25.1 Å². The van der Waals surface area contributed by atoms with Gasteiger partial charge in [0.1, 0.15) is 0 Å². The van der Waals surface area contributed by atoms with Crippen molar-refractivity contribution in [3.8, 4) is 0 Å². The number of benzene rings is 1. The van der Waals surface area contributed by atoms with E-state index >= 15 is 0 Å². The van der Waals surface area contributed by atoms with Crippen LogP contribution in [-0.4, -0.2) is 35.0 Å². The van der Waals surface area contributed by atoms with Gasteiger partial charge in [0, 0.05) is 19.7 Å². The summed E-state index contributed by atoms with van der Waals surface area (Å²) in [6.07, 6.45) is 2.32. The van der Waals surface area contributed by atoms with Crippen LogP contribution in [0, 0.1) is 0 Å². The van der Waals surface area contributed by atoms with Crippen LogP contribution in [0.25, 0.3) is 0 Å². The molecule has 1 heterocycles. The van der Waals surface area contributed by atoms with E-state index in [1.54, 1.807) is 0 Å². The van der Waals surface area contributed by atoms with E-state index in [1.165, 1.54) is 0 Å². The number of halogens is 1. The van der Waals surface area contributed by atoms with Crippen LogP contribution >= 0.6 is 12.4 Å². The van der Waals surface area contributed by atoms with Crippen molar-refractivity contribution < 1.29 is 9.52 Å². The number of hydrogen-bond acceptors (Lipinski definition) is 6. The molecule has 0 aliphatic heterocycles. The van der Waals surface area contributed by atoms with Crippen LogP contribution in [0.15, 0.2) is 34.7 Å². The Bertz CT molecular complexity index is 550. The van der Waals surface area contributed by atoms with Crippen molar-refractivity contribution in [2.75, 3.05) is 24.6 Å². The molecular weight excluding hydrogens is 316 g/mol. The average Bonchev–Trinajstić information content (AvgIpc) is 3.02. The fourth-order valence-corrected chi connectivity index (χ4v) is 2.26. The summed E-state index contributed by atoms with van der Waals surface area (Å²) in [6, 6.07) is 10.2. The maximum absolute atomic E-state index is 8.85. The monoisotopic (exact) mass is 340 g/mol. The number of anilines is 1. The van der Waals surface area contributed by atoms with E-state index < -0.39 is 0 Å². The van der Waals surface area contributed by atoms with Gasteiger partial charge in [-0.1, -0.05) is 35.4 Å². The highest BCUT2D eigenvalue weighted by Crippen LogP contribution is 2.19. The normalized spacial score (nSPS) is 11.8. The smallest absolute Gasteiger partial charge is 0.318 e. The molecule has 3 N–H and O–H groups in total. The molecule has 0 saturated carbocycles. The number of aliphatic hydroxyl groups excluding tert-OH is 1. The molecule has 0 bridgehead atoms. The summed E-state index contributed by atoms with van der Waals surface area (Å²) in [7, 11) is 0. The molecule has 0 amide bonds. The second-order valence-electron chi connectivity index (χ2n) is 5.23. The van der Waals surface area contributed by atoms with Crippen molar-refractivity contribution in [3.63, 3.8) is 0 Å². The first-order chi connectivity index (χ1) is 10.7. The second kappa shape index (κ2) is 10.2. The van der Waals surface area contributed by atoms with Gasteiger partial charge in [-0.25, -0.2) is 0 Å². The van der Waals surface area contributed by atoms with Crippen LogP contribution < -0.4 is 10.6 Å². The van der Waals surface area contributed by atoms with Crippen molar-refractivity contribution in [2.24, 2.45) is 5.73 Å². The van der Waals surface area contributed by atoms with Crippen LogP contribution in [0.4, 0.5) is 6.01 Å². The van der Waals surface area contributed by atoms with Gasteiger partial charge in [-0.05, 0) is 31.7 Å². The van der Waals surface area contributed by atoms with Gasteiger partial charge in [-0.3, -0.25) is 0 Å². The summed E-state index contributed by atoms with van der Waals surface area (Å²) in [5, 5.41) is 17.0. The Morgan fingerprint density at radius 3 is 2.61 bits per heavy atom. The van der Waals surface area contributed by atoms with Crippen LogP contribution in [0.5, 0.6) is 0 Å². The number of nitrogens with zero attached hydrogens (tertiary/aromatic N) is 3. The quantitative estimate of drug-likeness (QED) is 0.681. The third-order valence-corrected chi connectivity index (χ3v) is 3.53. The maximum Gasteiger partial charge on any atom is 0.318 e. The summed E-state index contributed by atoms with van der Waals surface area (Å²) < 4.78 is 5.72. The molecule has 0 aliphatic rings. The fraction of sp³-hybridized carbons (Fsp3) is 0.500. The largest absolute Gasteiger partial charge is 0.406 e. The lowest BCUT2D eigenvalue weighted by atomic mass is 10.1. The third-order valence-electron chi connectivity index (χ3n) is 3.53. The highest BCUT2D eigenvalue weighted by molar-refractivity contribution is 5.85. The minimum Gasteiger partial charge on any atom is -0.406 e. The van der Waals surface area contributed by atoms with E-state index in [9.17, 15) is 0 Å². The Balaban J connectivity index is 0.00000264. The molecule has 23 heavy (non-hydrogen) atoms. The van der Waals surface area contributed by atoms with Gasteiger partial charge in [0.05, 0.1) is 6.04 Å². The number of rotatable bonds is 9. The van der Waals surface area contributed by atoms with Crippen molar-refractivity contribution in [2.45, 2.75) is 32.2 Å². The topological polar surface area (TPSA) is 88.4 Å². The lowest BCUT2D eigenvalue weighted by Crippen LogP contribution is -2.24. The molecule has 0 aliphatic carbocycles. The molecule has 6 nitrogen and oxygen atoms in total. The predicted molar refractivity (Wildman–Crippen MR) is 92.8 cm³/mol. The third kappa shape index (κ3) is 5.82. The maximum atomic E-state index is 8.85. The zero-order chi connectivity index (χ0) is 15.8. The molecule has 2 aromatic rings. The van der Waals surface area contributed by atoms with Crippen molar-refractivity contribution >= 4 is 18.4 Å². The molecule has 7 heteroatoms. The molecule has 2 rings (SSSR count). The Hall–Kier alpha value is -1.63. The summed E-state index contributed by atoms with van der Waals surface area (Å²) >= 11 is 0.